The standard InChI is InChI=1S/C27H27ClF3N3O4S/c1-3-32-26(36)19(2)33(17-20-10-6-4-7-11-20)25(35)18-34(39(37,38)22-12-8-5-9-13-22)21-14-15-24(28)23(16-21)27(29,30)31/h4-16,19H,3,17-18H2,1-2H3,(H,32,36)/t19-/m1/s1. The van der Waals surface area contributed by atoms with Gasteiger partial charge in [-0.1, -0.05) is 60.1 Å². The van der Waals surface area contributed by atoms with Crippen molar-refractivity contribution in [2.75, 3.05) is 17.4 Å². The summed E-state index contributed by atoms with van der Waals surface area (Å²) in [5.41, 5.74) is -0.987. The van der Waals surface area contributed by atoms with Crippen LogP contribution in [0.2, 0.25) is 5.02 Å². The van der Waals surface area contributed by atoms with Gasteiger partial charge in [0.05, 0.1) is 21.2 Å². The van der Waals surface area contributed by atoms with E-state index in [2.05, 4.69) is 5.32 Å². The third-order valence-corrected chi connectivity index (χ3v) is 7.99. The highest BCUT2D eigenvalue weighted by atomic mass is 35.5. The first kappa shape index (κ1) is 30.0. The summed E-state index contributed by atoms with van der Waals surface area (Å²) in [6.07, 6.45) is -4.87. The van der Waals surface area contributed by atoms with Gasteiger partial charge >= 0.3 is 6.18 Å². The van der Waals surface area contributed by atoms with Crippen molar-refractivity contribution in [1.29, 1.82) is 0 Å². The second-order valence-corrected chi connectivity index (χ2v) is 10.8. The van der Waals surface area contributed by atoms with E-state index in [0.717, 1.165) is 12.1 Å². The fourth-order valence-electron chi connectivity index (χ4n) is 3.82. The zero-order valence-corrected chi connectivity index (χ0v) is 22.7. The predicted octanol–water partition coefficient (Wildman–Crippen LogP) is 5.11. The zero-order valence-electron chi connectivity index (χ0n) is 21.2. The van der Waals surface area contributed by atoms with Crippen LogP contribution in [0.4, 0.5) is 18.9 Å². The van der Waals surface area contributed by atoms with E-state index >= 15 is 0 Å². The first-order chi connectivity index (χ1) is 18.4. The lowest BCUT2D eigenvalue weighted by atomic mass is 10.1. The lowest BCUT2D eigenvalue weighted by Crippen LogP contribution is -2.51. The molecular formula is C27H27ClF3N3O4S. The van der Waals surface area contributed by atoms with E-state index in [4.69, 9.17) is 11.6 Å². The lowest BCUT2D eigenvalue weighted by molar-refractivity contribution is -0.139. The second kappa shape index (κ2) is 12.5. The number of carbonyl (C=O) groups is 2. The van der Waals surface area contributed by atoms with Gasteiger partial charge in [-0.3, -0.25) is 13.9 Å². The van der Waals surface area contributed by atoms with Gasteiger partial charge in [-0.25, -0.2) is 8.42 Å². The number of sulfonamides is 1. The van der Waals surface area contributed by atoms with E-state index in [1.807, 2.05) is 0 Å². The van der Waals surface area contributed by atoms with Gasteiger partial charge in [-0.15, -0.1) is 0 Å². The van der Waals surface area contributed by atoms with Crippen molar-refractivity contribution in [2.45, 2.75) is 37.5 Å². The Morgan fingerprint density at radius 1 is 0.974 bits per heavy atom. The number of hydrogen-bond donors (Lipinski definition) is 1. The number of benzene rings is 3. The Balaban J connectivity index is 2.10. The van der Waals surface area contributed by atoms with E-state index in [0.29, 0.717) is 22.5 Å². The average Bonchev–Trinajstić information content (AvgIpc) is 2.90. The van der Waals surface area contributed by atoms with Gasteiger partial charge in [0.1, 0.15) is 12.6 Å². The minimum atomic E-state index is -4.87. The van der Waals surface area contributed by atoms with Crippen LogP contribution in [-0.4, -0.2) is 44.3 Å². The van der Waals surface area contributed by atoms with Crippen LogP contribution in [-0.2, 0) is 32.3 Å². The Bertz CT molecular complexity index is 1400. The molecule has 39 heavy (non-hydrogen) atoms. The first-order valence-electron chi connectivity index (χ1n) is 11.9. The van der Waals surface area contributed by atoms with Gasteiger partial charge < -0.3 is 10.2 Å². The van der Waals surface area contributed by atoms with Crippen LogP contribution in [0.15, 0.2) is 83.8 Å². The molecule has 0 aliphatic rings. The molecule has 12 heteroatoms. The van der Waals surface area contributed by atoms with Crippen LogP contribution in [0.25, 0.3) is 0 Å². The van der Waals surface area contributed by atoms with Crippen LogP contribution in [0.5, 0.6) is 0 Å². The summed E-state index contributed by atoms with van der Waals surface area (Å²) in [7, 11) is -4.51. The molecule has 0 radical (unpaired) electrons. The predicted molar refractivity (Wildman–Crippen MR) is 143 cm³/mol. The number of amides is 2. The van der Waals surface area contributed by atoms with Gasteiger partial charge in [0.2, 0.25) is 11.8 Å². The van der Waals surface area contributed by atoms with Crippen molar-refractivity contribution >= 4 is 39.1 Å². The highest BCUT2D eigenvalue weighted by molar-refractivity contribution is 7.92. The van der Waals surface area contributed by atoms with E-state index in [9.17, 15) is 31.2 Å². The average molecular weight is 582 g/mol. The number of likely N-dealkylation sites (N-methyl/N-ethyl adjacent to an activating group) is 1. The molecule has 0 spiro atoms. The number of rotatable bonds is 10. The fraction of sp³-hybridized carbons (Fsp3) is 0.259. The molecule has 0 aliphatic carbocycles. The fourth-order valence-corrected chi connectivity index (χ4v) is 5.47. The van der Waals surface area contributed by atoms with Crippen molar-refractivity contribution in [2.24, 2.45) is 0 Å². The van der Waals surface area contributed by atoms with Gasteiger partial charge in [-0.05, 0) is 49.7 Å². The van der Waals surface area contributed by atoms with Crippen LogP contribution < -0.4 is 9.62 Å². The van der Waals surface area contributed by atoms with Crippen molar-refractivity contribution in [3.63, 3.8) is 0 Å². The highest BCUT2D eigenvalue weighted by Gasteiger charge is 2.36. The number of halogens is 4. The number of alkyl halides is 3. The first-order valence-corrected chi connectivity index (χ1v) is 13.7. The Labute approximate surface area is 230 Å². The van der Waals surface area contributed by atoms with Crippen molar-refractivity contribution < 1.29 is 31.2 Å². The number of nitrogens with one attached hydrogen (secondary N) is 1. The van der Waals surface area contributed by atoms with Crippen LogP contribution in [0.1, 0.15) is 25.0 Å². The summed E-state index contributed by atoms with van der Waals surface area (Å²) >= 11 is 5.76. The summed E-state index contributed by atoms with van der Waals surface area (Å²) in [5.74, 6) is -1.26. The molecule has 208 valence electrons. The van der Waals surface area contributed by atoms with E-state index in [-0.39, 0.29) is 11.4 Å². The number of nitrogens with zero attached hydrogens (tertiary/aromatic N) is 2. The normalized spacial score (nSPS) is 12.5. The van der Waals surface area contributed by atoms with Gasteiger partial charge in [0.25, 0.3) is 10.0 Å². The Morgan fingerprint density at radius 3 is 2.13 bits per heavy atom. The van der Waals surface area contributed by atoms with Crippen LogP contribution >= 0.6 is 11.6 Å². The minimum Gasteiger partial charge on any atom is -0.355 e. The lowest BCUT2D eigenvalue weighted by Gasteiger charge is -2.32. The molecule has 3 aromatic carbocycles. The molecule has 2 amide bonds. The molecule has 0 aromatic heterocycles. The minimum absolute atomic E-state index is 0.0361. The molecule has 7 nitrogen and oxygen atoms in total. The maximum absolute atomic E-state index is 13.7. The van der Waals surface area contributed by atoms with Crippen molar-refractivity contribution in [1.82, 2.24) is 10.2 Å². The molecule has 0 heterocycles. The largest absolute Gasteiger partial charge is 0.417 e. The molecular weight excluding hydrogens is 555 g/mol. The van der Waals surface area contributed by atoms with Crippen molar-refractivity contribution in [3.05, 3.63) is 95.0 Å². The number of anilines is 1. The van der Waals surface area contributed by atoms with Gasteiger partial charge in [0.15, 0.2) is 0 Å². The third kappa shape index (κ3) is 7.30. The molecule has 0 fully saturated rings. The molecule has 0 bridgehead atoms. The quantitative estimate of drug-likeness (QED) is 0.361. The van der Waals surface area contributed by atoms with E-state index in [1.165, 1.54) is 36.1 Å². The Morgan fingerprint density at radius 2 is 1.56 bits per heavy atom. The molecule has 0 saturated heterocycles. The van der Waals surface area contributed by atoms with Crippen molar-refractivity contribution in [3.8, 4) is 0 Å². The number of hydrogen-bond acceptors (Lipinski definition) is 4. The summed E-state index contributed by atoms with van der Waals surface area (Å²) < 4.78 is 68.8. The molecule has 0 unspecified atom stereocenters. The van der Waals surface area contributed by atoms with Gasteiger partial charge in [-0.2, -0.15) is 13.2 Å². The monoisotopic (exact) mass is 581 g/mol. The zero-order chi connectivity index (χ0) is 28.8. The molecule has 0 saturated carbocycles. The van der Waals surface area contributed by atoms with Crippen LogP contribution in [0.3, 0.4) is 0 Å². The van der Waals surface area contributed by atoms with Gasteiger partial charge in [0, 0.05) is 13.1 Å². The molecule has 3 rings (SSSR count). The highest BCUT2D eigenvalue weighted by Crippen LogP contribution is 2.38. The summed E-state index contributed by atoms with van der Waals surface area (Å²) in [6.45, 7) is 2.60. The van der Waals surface area contributed by atoms with E-state index < -0.39 is 56.9 Å². The maximum atomic E-state index is 13.7. The smallest absolute Gasteiger partial charge is 0.355 e. The maximum Gasteiger partial charge on any atom is 0.417 e. The number of carbonyl (C=O) groups excluding carboxylic acids is 2. The Kier molecular flexibility index (Phi) is 9.63. The summed E-state index contributed by atoms with van der Waals surface area (Å²) in [4.78, 5) is 27.3. The SMILES string of the molecule is CCNC(=O)[C@@H](C)N(Cc1ccccc1)C(=O)CN(c1ccc(Cl)c(C(F)(F)F)c1)S(=O)(=O)c1ccccc1. The Hall–Kier alpha value is -3.57. The molecule has 3 aromatic rings. The van der Waals surface area contributed by atoms with Crippen LogP contribution in [0, 0.1) is 0 Å². The molecule has 1 N–H and O–H groups in total. The molecule has 1 atom stereocenters. The second-order valence-electron chi connectivity index (χ2n) is 8.56. The van der Waals surface area contributed by atoms with E-state index in [1.54, 1.807) is 43.3 Å². The third-order valence-electron chi connectivity index (χ3n) is 5.87. The topological polar surface area (TPSA) is 86.8 Å². The summed E-state index contributed by atoms with van der Waals surface area (Å²) in [5, 5.41) is 2.01. The molecule has 0 aliphatic heterocycles. The summed E-state index contributed by atoms with van der Waals surface area (Å²) in [6, 6.07) is 17.4.